The first-order valence-corrected chi connectivity index (χ1v) is 12.5. The lowest BCUT2D eigenvalue weighted by Gasteiger charge is -2.31. The number of alkyl halides is 3. The molecule has 0 amide bonds. The molecule has 2 heterocycles. The highest BCUT2D eigenvalue weighted by Crippen LogP contribution is 2.40. The minimum absolute atomic E-state index is 0.0184. The Balaban J connectivity index is 0.000000543. The van der Waals surface area contributed by atoms with Crippen LogP contribution in [0, 0.1) is 17.6 Å². The van der Waals surface area contributed by atoms with Crippen LogP contribution in [-0.2, 0) is 16.2 Å². The minimum Gasteiger partial charge on any atom is -0.489 e. The van der Waals surface area contributed by atoms with Gasteiger partial charge in [-0.2, -0.15) is 13.2 Å². The molecule has 2 aliphatic heterocycles. The van der Waals surface area contributed by atoms with Gasteiger partial charge in [-0.05, 0) is 73.1 Å². The number of sulfonamides is 1. The number of ether oxygens (including phenoxy) is 1. The fourth-order valence-corrected chi connectivity index (χ4v) is 5.22. The molecule has 0 saturated carbocycles. The van der Waals surface area contributed by atoms with Gasteiger partial charge >= 0.3 is 6.18 Å². The second-order valence-electron chi connectivity index (χ2n) is 8.52. The van der Waals surface area contributed by atoms with Crippen molar-refractivity contribution in [3.8, 4) is 16.9 Å². The Kier molecular flexibility index (Phi) is 7.24. The quantitative estimate of drug-likeness (QED) is 0.461. The van der Waals surface area contributed by atoms with Gasteiger partial charge in [0, 0.05) is 5.56 Å². The van der Waals surface area contributed by atoms with Crippen LogP contribution in [-0.4, -0.2) is 34.7 Å². The fourth-order valence-electron chi connectivity index (χ4n) is 3.72. The van der Waals surface area contributed by atoms with Crippen molar-refractivity contribution in [3.63, 3.8) is 0 Å². The molecule has 192 valence electrons. The molecule has 0 radical (unpaired) electrons. The first-order chi connectivity index (χ1) is 17.0. The summed E-state index contributed by atoms with van der Waals surface area (Å²) >= 11 is 0. The Morgan fingerprint density at radius 2 is 1.72 bits per heavy atom. The molecule has 5 nitrogen and oxygen atoms in total. The summed E-state index contributed by atoms with van der Waals surface area (Å²) in [6.07, 6.45) is -4.71. The Morgan fingerprint density at radius 1 is 1.00 bits per heavy atom. The van der Waals surface area contributed by atoms with E-state index in [1.165, 1.54) is 31.3 Å². The van der Waals surface area contributed by atoms with Gasteiger partial charge in [-0.15, -0.1) is 0 Å². The number of halogens is 5. The van der Waals surface area contributed by atoms with Crippen molar-refractivity contribution in [3.05, 3.63) is 77.9 Å². The maximum atomic E-state index is 14.2. The maximum Gasteiger partial charge on any atom is 0.416 e. The predicted molar refractivity (Wildman–Crippen MR) is 125 cm³/mol. The van der Waals surface area contributed by atoms with E-state index in [0.29, 0.717) is 6.07 Å². The topological polar surface area (TPSA) is 58.6 Å². The van der Waals surface area contributed by atoms with Crippen LogP contribution >= 0.6 is 0 Å². The van der Waals surface area contributed by atoms with Gasteiger partial charge < -0.3 is 10.1 Å². The summed E-state index contributed by atoms with van der Waals surface area (Å²) < 4.78 is 99.7. The van der Waals surface area contributed by atoms with E-state index >= 15 is 0 Å². The molecule has 36 heavy (non-hydrogen) atoms. The van der Waals surface area contributed by atoms with Gasteiger partial charge in [-0.1, -0.05) is 19.1 Å². The molecule has 3 aromatic carbocycles. The molecule has 3 aromatic rings. The van der Waals surface area contributed by atoms with E-state index < -0.39 is 38.3 Å². The van der Waals surface area contributed by atoms with E-state index in [1.807, 2.05) is 0 Å². The van der Waals surface area contributed by atoms with E-state index in [4.69, 9.17) is 4.74 Å². The second-order valence-corrected chi connectivity index (χ2v) is 10.4. The Bertz CT molecular complexity index is 1360. The molecule has 0 bridgehead atoms. The molecule has 0 unspecified atom stereocenters. The van der Waals surface area contributed by atoms with Gasteiger partial charge in [0.1, 0.15) is 24.0 Å². The summed E-state index contributed by atoms with van der Waals surface area (Å²) in [7, 11) is -4.39. The smallest absolute Gasteiger partial charge is 0.416 e. The third kappa shape index (κ3) is 5.46. The average molecular weight is 527 g/mol. The van der Waals surface area contributed by atoms with Gasteiger partial charge in [0.05, 0.1) is 22.7 Å². The van der Waals surface area contributed by atoms with Crippen molar-refractivity contribution >= 4 is 15.7 Å². The van der Waals surface area contributed by atoms with E-state index in [9.17, 15) is 30.4 Å². The van der Waals surface area contributed by atoms with E-state index in [0.717, 1.165) is 46.6 Å². The minimum atomic E-state index is -4.71. The summed E-state index contributed by atoms with van der Waals surface area (Å²) in [6.45, 7) is 4.52. The second kappa shape index (κ2) is 10.1. The first kappa shape index (κ1) is 25.9. The third-order valence-corrected chi connectivity index (χ3v) is 7.56. The van der Waals surface area contributed by atoms with Gasteiger partial charge in [0.25, 0.3) is 10.0 Å². The van der Waals surface area contributed by atoms with E-state index in [1.54, 1.807) is 0 Å². The zero-order valence-corrected chi connectivity index (χ0v) is 20.0. The van der Waals surface area contributed by atoms with Gasteiger partial charge in [0.15, 0.2) is 0 Å². The van der Waals surface area contributed by atoms with Crippen molar-refractivity contribution in [2.45, 2.75) is 18.0 Å². The largest absolute Gasteiger partial charge is 0.489 e. The highest BCUT2D eigenvalue weighted by Gasteiger charge is 2.35. The standard InChI is InChI=1S/C21H14F5NO3S.C4H9N/c22-15-5-6-18(23)17(12-15)13-4-7-20-19(10-13)27(8-9-30-20)31(28,29)16-3-1-2-14(11-16)21(24,25)26;1-4-2-5-3-4/h1-7,10-12H,8-9H2;4-5H,2-3H2,1H3. The van der Waals surface area contributed by atoms with Gasteiger partial charge in [-0.25, -0.2) is 17.2 Å². The average Bonchev–Trinajstić information content (AvgIpc) is 2.83. The van der Waals surface area contributed by atoms with Crippen LogP contribution in [0.2, 0.25) is 0 Å². The summed E-state index contributed by atoms with van der Waals surface area (Å²) in [6, 6.07) is 10.4. The summed E-state index contributed by atoms with van der Waals surface area (Å²) in [5.41, 5.74) is -0.988. The normalized spacial score (nSPS) is 15.8. The number of fused-ring (bicyclic) bond motifs is 1. The van der Waals surface area contributed by atoms with Crippen LogP contribution in [0.5, 0.6) is 5.75 Å². The van der Waals surface area contributed by atoms with Crippen molar-refractivity contribution < 1.29 is 35.1 Å². The third-order valence-electron chi connectivity index (χ3n) is 5.75. The number of hydrogen-bond acceptors (Lipinski definition) is 4. The molecule has 1 saturated heterocycles. The SMILES string of the molecule is CC1CNC1.O=S(=O)(c1cccc(C(F)(F)F)c1)N1CCOc2ccc(-c3cc(F)ccc3F)cc21. The monoisotopic (exact) mass is 526 g/mol. The van der Waals surface area contributed by atoms with Crippen LogP contribution in [0.1, 0.15) is 12.5 Å². The zero-order chi connectivity index (χ0) is 26.1. The van der Waals surface area contributed by atoms with Crippen molar-refractivity contribution in [2.75, 3.05) is 30.5 Å². The van der Waals surface area contributed by atoms with E-state index in [-0.39, 0.29) is 35.7 Å². The number of nitrogens with one attached hydrogen (secondary N) is 1. The lowest BCUT2D eigenvalue weighted by atomic mass is 10.0. The summed E-state index contributed by atoms with van der Waals surface area (Å²) in [4.78, 5) is -0.544. The van der Waals surface area contributed by atoms with Gasteiger partial charge in [-0.3, -0.25) is 4.31 Å². The lowest BCUT2D eigenvalue weighted by molar-refractivity contribution is -0.137. The molecule has 0 aromatic heterocycles. The van der Waals surface area contributed by atoms with Crippen LogP contribution in [0.4, 0.5) is 27.6 Å². The molecule has 0 atom stereocenters. The number of benzene rings is 3. The highest BCUT2D eigenvalue weighted by molar-refractivity contribution is 7.92. The molecule has 11 heteroatoms. The zero-order valence-electron chi connectivity index (χ0n) is 19.1. The number of nitrogens with zero attached hydrogens (tertiary/aromatic N) is 1. The molecule has 1 N–H and O–H groups in total. The van der Waals surface area contributed by atoms with E-state index in [2.05, 4.69) is 12.2 Å². The maximum absolute atomic E-state index is 14.2. The number of rotatable bonds is 3. The van der Waals surface area contributed by atoms with Crippen LogP contribution in [0.15, 0.2) is 65.6 Å². The molecular formula is C25H23F5N2O3S. The predicted octanol–water partition coefficient (Wildman–Crippen LogP) is 5.46. The summed E-state index contributed by atoms with van der Waals surface area (Å²) in [5.74, 6) is -0.290. The molecule has 0 spiro atoms. The van der Waals surface area contributed by atoms with Crippen molar-refractivity contribution in [1.29, 1.82) is 0 Å². The molecule has 1 fully saturated rings. The Labute approximate surface area is 205 Å². The molecule has 0 aliphatic carbocycles. The lowest BCUT2D eigenvalue weighted by Crippen LogP contribution is -2.39. The molecule has 2 aliphatic rings. The van der Waals surface area contributed by atoms with Crippen molar-refractivity contribution in [2.24, 2.45) is 5.92 Å². The van der Waals surface area contributed by atoms with Crippen LogP contribution in [0.25, 0.3) is 11.1 Å². The van der Waals surface area contributed by atoms with Crippen LogP contribution < -0.4 is 14.4 Å². The van der Waals surface area contributed by atoms with Gasteiger partial charge in [0.2, 0.25) is 0 Å². The molecular weight excluding hydrogens is 503 g/mol. The highest BCUT2D eigenvalue weighted by atomic mass is 32.2. The Morgan fingerprint density at radius 3 is 2.36 bits per heavy atom. The van der Waals surface area contributed by atoms with Crippen molar-refractivity contribution in [1.82, 2.24) is 5.32 Å². The first-order valence-electron chi connectivity index (χ1n) is 11.1. The van der Waals surface area contributed by atoms with Crippen LogP contribution in [0.3, 0.4) is 0 Å². The fraction of sp³-hybridized carbons (Fsp3) is 0.280. The Hall–Kier alpha value is -3.18. The molecule has 5 rings (SSSR count). The summed E-state index contributed by atoms with van der Waals surface area (Å²) in [5, 5.41) is 3.16. The number of anilines is 1. The number of hydrogen-bond donors (Lipinski definition) is 1.